The summed E-state index contributed by atoms with van der Waals surface area (Å²) in [6.45, 7) is 3.34. The van der Waals surface area contributed by atoms with Crippen LogP contribution >= 0.6 is 0 Å². The number of hydrogen-bond acceptors (Lipinski definition) is 3. The molecular weight excluding hydrogens is 196 g/mol. The fourth-order valence-electron chi connectivity index (χ4n) is 2.09. The zero-order valence-electron chi connectivity index (χ0n) is 8.86. The lowest BCUT2D eigenvalue weighted by Crippen LogP contribution is -2.60. The third-order valence-electron chi connectivity index (χ3n) is 2.99. The van der Waals surface area contributed by atoms with Crippen molar-refractivity contribution in [2.24, 2.45) is 0 Å². The number of ether oxygens (including phenoxy) is 1. The second-order valence-corrected chi connectivity index (χ2v) is 4.01. The van der Waals surface area contributed by atoms with E-state index < -0.39 is 0 Å². The number of nitrogens with one attached hydrogen (secondary N) is 1. The highest BCUT2D eigenvalue weighted by atomic mass is 16.5. The summed E-state index contributed by atoms with van der Waals surface area (Å²) in [5.41, 5.74) is 0. The number of hydrogen-bond donors (Lipinski definition) is 1. The van der Waals surface area contributed by atoms with Crippen molar-refractivity contribution in [3.05, 3.63) is 0 Å². The predicted octanol–water partition coefficient (Wildman–Crippen LogP) is -0.488. The molecule has 0 saturated carbocycles. The van der Waals surface area contributed by atoms with Crippen LogP contribution in [0.25, 0.3) is 0 Å². The van der Waals surface area contributed by atoms with E-state index in [0.29, 0.717) is 19.6 Å². The molecule has 0 bridgehead atoms. The van der Waals surface area contributed by atoms with Crippen LogP contribution in [0.5, 0.6) is 0 Å². The summed E-state index contributed by atoms with van der Waals surface area (Å²) >= 11 is 0. The Morgan fingerprint density at radius 3 is 2.93 bits per heavy atom. The average molecular weight is 212 g/mol. The fraction of sp³-hybridized carbons (Fsp3) is 0.800. The molecule has 0 aromatic heterocycles. The van der Waals surface area contributed by atoms with Crippen LogP contribution in [0, 0.1) is 0 Å². The highest BCUT2D eigenvalue weighted by Crippen LogP contribution is 2.16. The molecule has 2 unspecified atom stereocenters. The molecule has 2 saturated heterocycles. The third-order valence-corrected chi connectivity index (χ3v) is 2.99. The van der Waals surface area contributed by atoms with Gasteiger partial charge in [0, 0.05) is 6.61 Å². The van der Waals surface area contributed by atoms with Crippen molar-refractivity contribution in [1.29, 1.82) is 0 Å². The number of rotatable bonds is 2. The van der Waals surface area contributed by atoms with Gasteiger partial charge in [-0.2, -0.15) is 0 Å². The van der Waals surface area contributed by atoms with Crippen LogP contribution in [0.4, 0.5) is 0 Å². The van der Waals surface area contributed by atoms with Crippen LogP contribution in [0.2, 0.25) is 0 Å². The summed E-state index contributed by atoms with van der Waals surface area (Å²) in [5.74, 6) is -0.0269. The van der Waals surface area contributed by atoms with E-state index in [1.165, 1.54) is 0 Å². The largest absolute Gasteiger partial charge is 0.379 e. The van der Waals surface area contributed by atoms with Crippen LogP contribution in [0.1, 0.15) is 19.8 Å². The van der Waals surface area contributed by atoms with E-state index >= 15 is 0 Å². The smallest absolute Gasteiger partial charge is 0.245 e. The molecular formula is C10H16N2O3. The highest BCUT2D eigenvalue weighted by molar-refractivity contribution is 5.95. The number of piperazine rings is 1. The van der Waals surface area contributed by atoms with Gasteiger partial charge in [-0.15, -0.1) is 0 Å². The van der Waals surface area contributed by atoms with Crippen LogP contribution in [-0.4, -0.2) is 48.6 Å². The molecule has 2 atom stereocenters. The van der Waals surface area contributed by atoms with Crippen molar-refractivity contribution in [1.82, 2.24) is 10.2 Å². The van der Waals surface area contributed by atoms with Crippen molar-refractivity contribution >= 4 is 11.8 Å². The Morgan fingerprint density at radius 1 is 1.53 bits per heavy atom. The second kappa shape index (κ2) is 4.18. The molecule has 2 fully saturated rings. The summed E-state index contributed by atoms with van der Waals surface area (Å²) < 4.78 is 5.24. The van der Waals surface area contributed by atoms with E-state index in [2.05, 4.69) is 5.32 Å². The molecule has 15 heavy (non-hydrogen) atoms. The van der Waals surface area contributed by atoms with Gasteiger partial charge in [-0.25, -0.2) is 0 Å². The Labute approximate surface area is 88.8 Å². The molecule has 0 aromatic rings. The van der Waals surface area contributed by atoms with E-state index in [1.54, 1.807) is 4.90 Å². The van der Waals surface area contributed by atoms with Crippen molar-refractivity contribution in [3.8, 4) is 0 Å². The first-order chi connectivity index (χ1) is 7.22. The maximum atomic E-state index is 11.9. The molecule has 0 aromatic carbocycles. The van der Waals surface area contributed by atoms with Gasteiger partial charge in [0.1, 0.15) is 6.04 Å². The number of carbonyl (C=O) groups is 2. The Bertz CT molecular complexity index is 274. The lowest BCUT2D eigenvalue weighted by Gasteiger charge is -2.35. The van der Waals surface area contributed by atoms with Gasteiger partial charge >= 0.3 is 0 Å². The van der Waals surface area contributed by atoms with Gasteiger partial charge in [0.05, 0.1) is 19.2 Å². The van der Waals surface area contributed by atoms with Crippen molar-refractivity contribution in [3.63, 3.8) is 0 Å². The first-order valence-corrected chi connectivity index (χ1v) is 5.40. The number of carbonyl (C=O) groups excluding carboxylic acids is 2. The van der Waals surface area contributed by atoms with E-state index in [1.807, 2.05) is 6.92 Å². The Morgan fingerprint density at radius 2 is 2.33 bits per heavy atom. The first kappa shape index (κ1) is 10.4. The highest BCUT2D eigenvalue weighted by Gasteiger charge is 2.36. The number of amides is 2. The van der Waals surface area contributed by atoms with Gasteiger partial charge in [-0.3, -0.25) is 9.59 Å². The lowest BCUT2D eigenvalue weighted by atomic mass is 10.1. The summed E-state index contributed by atoms with van der Waals surface area (Å²) in [5, 5.41) is 2.70. The standard InChI is InChI=1S/C10H16N2O3/c1-2-8-10(14)12(5-9(13)11-8)7-3-4-15-6-7/h7-8H,2-6H2,1H3,(H,11,13). The fourth-order valence-corrected chi connectivity index (χ4v) is 2.09. The maximum absolute atomic E-state index is 11.9. The van der Waals surface area contributed by atoms with Gasteiger partial charge in [-0.1, -0.05) is 6.92 Å². The monoisotopic (exact) mass is 212 g/mol. The van der Waals surface area contributed by atoms with E-state index in [9.17, 15) is 9.59 Å². The molecule has 2 aliphatic rings. The van der Waals surface area contributed by atoms with Gasteiger partial charge in [0.2, 0.25) is 11.8 Å². The Kier molecular flexibility index (Phi) is 2.90. The van der Waals surface area contributed by atoms with Gasteiger partial charge in [-0.05, 0) is 12.8 Å². The Hall–Kier alpha value is -1.10. The molecule has 5 heteroatoms. The van der Waals surface area contributed by atoms with E-state index in [0.717, 1.165) is 6.42 Å². The van der Waals surface area contributed by atoms with Crippen molar-refractivity contribution in [2.45, 2.75) is 31.8 Å². The van der Waals surface area contributed by atoms with Crippen LogP contribution in [-0.2, 0) is 14.3 Å². The molecule has 2 amide bonds. The zero-order chi connectivity index (χ0) is 10.8. The molecule has 5 nitrogen and oxygen atoms in total. The third kappa shape index (κ3) is 1.97. The SMILES string of the molecule is CCC1NC(=O)CN(C2CCOC2)C1=O. The topological polar surface area (TPSA) is 58.6 Å². The van der Waals surface area contributed by atoms with Gasteiger partial charge in [0.25, 0.3) is 0 Å². The van der Waals surface area contributed by atoms with E-state index in [4.69, 9.17) is 4.74 Å². The maximum Gasteiger partial charge on any atom is 0.245 e. The number of nitrogens with zero attached hydrogens (tertiary/aromatic N) is 1. The zero-order valence-corrected chi connectivity index (χ0v) is 8.86. The first-order valence-electron chi connectivity index (χ1n) is 5.40. The molecule has 84 valence electrons. The Balaban J connectivity index is 2.08. The minimum absolute atomic E-state index is 0.0348. The minimum Gasteiger partial charge on any atom is -0.379 e. The van der Waals surface area contributed by atoms with E-state index in [-0.39, 0.29) is 30.4 Å². The molecule has 1 N–H and O–H groups in total. The van der Waals surface area contributed by atoms with Crippen LogP contribution < -0.4 is 5.32 Å². The molecule has 0 aliphatic carbocycles. The predicted molar refractivity (Wildman–Crippen MR) is 53.2 cm³/mol. The summed E-state index contributed by atoms with van der Waals surface area (Å²) in [7, 11) is 0. The average Bonchev–Trinajstić information content (AvgIpc) is 2.74. The molecule has 2 aliphatic heterocycles. The van der Waals surface area contributed by atoms with Gasteiger partial charge < -0.3 is 15.0 Å². The van der Waals surface area contributed by atoms with Crippen molar-refractivity contribution in [2.75, 3.05) is 19.8 Å². The summed E-state index contributed by atoms with van der Waals surface area (Å²) in [6.07, 6.45) is 1.49. The molecule has 0 spiro atoms. The van der Waals surface area contributed by atoms with Gasteiger partial charge in [0.15, 0.2) is 0 Å². The molecule has 2 heterocycles. The normalized spacial score (nSPS) is 31.9. The summed E-state index contributed by atoms with van der Waals surface area (Å²) in [6, 6.07) is -0.246. The summed E-state index contributed by atoms with van der Waals surface area (Å²) in [4.78, 5) is 25.0. The molecule has 0 radical (unpaired) electrons. The minimum atomic E-state index is -0.341. The molecule has 2 rings (SSSR count). The van der Waals surface area contributed by atoms with Crippen LogP contribution in [0.15, 0.2) is 0 Å². The van der Waals surface area contributed by atoms with Crippen LogP contribution in [0.3, 0.4) is 0 Å². The lowest BCUT2D eigenvalue weighted by molar-refractivity contribution is -0.146. The quantitative estimate of drug-likeness (QED) is 0.672. The van der Waals surface area contributed by atoms with Crippen molar-refractivity contribution < 1.29 is 14.3 Å². The second-order valence-electron chi connectivity index (χ2n) is 4.01.